The molecule has 0 spiro atoms. The van der Waals surface area contributed by atoms with Crippen molar-refractivity contribution in [3.8, 4) is 16.2 Å². The number of benzene rings is 1. The number of aryl methyl sites for hydroxylation is 2. The summed E-state index contributed by atoms with van der Waals surface area (Å²) in [6.07, 6.45) is 1.92. The Balaban J connectivity index is 2.42. The number of hydrogen-bond donors (Lipinski definition) is 0. The molecule has 0 unspecified atom stereocenters. The first-order valence-electron chi connectivity index (χ1n) is 4.78. The van der Waals surface area contributed by atoms with Gasteiger partial charge in [-0.2, -0.15) is 0 Å². The van der Waals surface area contributed by atoms with Gasteiger partial charge in [-0.15, -0.1) is 11.3 Å². The van der Waals surface area contributed by atoms with Crippen LogP contribution in [0.1, 0.15) is 10.6 Å². The zero-order chi connectivity index (χ0) is 10.8. The molecule has 0 aliphatic heterocycles. The highest BCUT2D eigenvalue weighted by Gasteiger charge is 2.04. The lowest BCUT2D eigenvalue weighted by Crippen LogP contribution is -1.86. The molecule has 0 aliphatic rings. The zero-order valence-corrected chi connectivity index (χ0v) is 9.89. The molecular weight excluding hydrogens is 206 g/mol. The van der Waals surface area contributed by atoms with Crippen molar-refractivity contribution in [1.82, 2.24) is 4.98 Å². The minimum atomic E-state index is 0.931. The second kappa shape index (κ2) is 4.03. The molecule has 0 amide bonds. The van der Waals surface area contributed by atoms with Gasteiger partial charge in [0.05, 0.1) is 17.0 Å². The lowest BCUT2D eigenvalue weighted by Gasteiger charge is -2.05. The summed E-state index contributed by atoms with van der Waals surface area (Å²) in [5, 5.41) is 1.10. The quantitative estimate of drug-likeness (QED) is 0.772. The first kappa shape index (κ1) is 10.2. The Morgan fingerprint density at radius 1 is 1.27 bits per heavy atom. The van der Waals surface area contributed by atoms with Crippen LogP contribution in [0.3, 0.4) is 0 Å². The summed E-state index contributed by atoms with van der Waals surface area (Å²) in [6, 6.07) is 6.20. The van der Waals surface area contributed by atoms with E-state index in [1.807, 2.05) is 19.2 Å². The fraction of sp³-hybridized carbons (Fsp3) is 0.250. The Kier molecular flexibility index (Phi) is 2.73. The molecule has 0 bridgehead atoms. The van der Waals surface area contributed by atoms with Gasteiger partial charge in [-0.3, -0.25) is 0 Å². The maximum Gasteiger partial charge on any atom is 0.121 e. The molecule has 15 heavy (non-hydrogen) atoms. The third-order valence-corrected chi connectivity index (χ3v) is 3.26. The highest BCUT2D eigenvalue weighted by molar-refractivity contribution is 7.15. The van der Waals surface area contributed by atoms with Gasteiger partial charge in [0.25, 0.3) is 0 Å². The Labute approximate surface area is 93.6 Å². The molecule has 0 radical (unpaired) electrons. The summed E-state index contributed by atoms with van der Waals surface area (Å²) < 4.78 is 5.23. The fourth-order valence-electron chi connectivity index (χ4n) is 1.53. The third-order valence-electron chi connectivity index (χ3n) is 2.30. The van der Waals surface area contributed by atoms with Crippen molar-refractivity contribution in [2.75, 3.05) is 7.11 Å². The van der Waals surface area contributed by atoms with Gasteiger partial charge in [0.1, 0.15) is 5.75 Å². The molecule has 3 heteroatoms. The molecule has 2 rings (SSSR count). The van der Waals surface area contributed by atoms with Crippen LogP contribution < -0.4 is 4.74 Å². The Hall–Kier alpha value is -1.35. The van der Waals surface area contributed by atoms with Gasteiger partial charge >= 0.3 is 0 Å². The van der Waals surface area contributed by atoms with Gasteiger partial charge in [-0.05, 0) is 43.2 Å². The lowest BCUT2D eigenvalue weighted by atomic mass is 10.1. The van der Waals surface area contributed by atoms with Crippen molar-refractivity contribution in [3.63, 3.8) is 0 Å². The Morgan fingerprint density at radius 2 is 2.07 bits per heavy atom. The standard InChI is InChI=1S/C12H13NOS/c1-8-6-10(4-5-11(8)14-3)12-7-13-9(2)15-12/h4-7H,1-3H3. The van der Waals surface area contributed by atoms with Crippen molar-refractivity contribution in [1.29, 1.82) is 0 Å². The molecule has 0 N–H and O–H groups in total. The number of aromatic nitrogens is 1. The summed E-state index contributed by atoms with van der Waals surface area (Å²) in [4.78, 5) is 5.46. The lowest BCUT2D eigenvalue weighted by molar-refractivity contribution is 0.412. The summed E-state index contributed by atoms with van der Waals surface area (Å²) in [6.45, 7) is 4.07. The van der Waals surface area contributed by atoms with Crippen molar-refractivity contribution < 1.29 is 4.74 Å². The van der Waals surface area contributed by atoms with Crippen LogP contribution in [0.5, 0.6) is 5.75 Å². The van der Waals surface area contributed by atoms with E-state index < -0.39 is 0 Å². The Bertz CT molecular complexity index is 476. The third kappa shape index (κ3) is 2.02. The smallest absolute Gasteiger partial charge is 0.121 e. The molecular formula is C12H13NOS. The Morgan fingerprint density at radius 3 is 2.60 bits per heavy atom. The fourth-order valence-corrected chi connectivity index (χ4v) is 2.30. The van der Waals surface area contributed by atoms with E-state index in [9.17, 15) is 0 Å². The summed E-state index contributed by atoms with van der Waals surface area (Å²) in [5.74, 6) is 0.931. The van der Waals surface area contributed by atoms with Crippen LogP contribution >= 0.6 is 11.3 Å². The van der Waals surface area contributed by atoms with E-state index in [1.54, 1.807) is 18.4 Å². The summed E-state index contributed by atoms with van der Waals surface area (Å²) in [5.41, 5.74) is 2.36. The minimum Gasteiger partial charge on any atom is -0.496 e. The number of thiazole rings is 1. The second-order valence-corrected chi connectivity index (χ2v) is 4.66. The van der Waals surface area contributed by atoms with Crippen LogP contribution in [0.2, 0.25) is 0 Å². The van der Waals surface area contributed by atoms with Gasteiger partial charge in [-0.1, -0.05) is 0 Å². The number of methoxy groups -OCH3 is 1. The van der Waals surface area contributed by atoms with Gasteiger partial charge in [-0.25, -0.2) is 4.98 Å². The van der Waals surface area contributed by atoms with E-state index in [2.05, 4.69) is 24.0 Å². The average Bonchev–Trinajstić information content (AvgIpc) is 2.65. The van der Waals surface area contributed by atoms with Crippen LogP contribution in [0.4, 0.5) is 0 Å². The van der Waals surface area contributed by atoms with E-state index in [1.165, 1.54) is 10.4 Å². The van der Waals surface area contributed by atoms with Crippen LogP contribution in [0.25, 0.3) is 10.4 Å². The predicted molar refractivity (Wildman–Crippen MR) is 63.6 cm³/mol. The molecule has 0 fully saturated rings. The maximum atomic E-state index is 5.23. The molecule has 0 aliphatic carbocycles. The van der Waals surface area contributed by atoms with Crippen LogP contribution in [0.15, 0.2) is 24.4 Å². The number of hydrogen-bond acceptors (Lipinski definition) is 3. The van der Waals surface area contributed by atoms with E-state index in [4.69, 9.17) is 4.74 Å². The van der Waals surface area contributed by atoms with Crippen LogP contribution in [-0.2, 0) is 0 Å². The van der Waals surface area contributed by atoms with Crippen molar-refractivity contribution >= 4 is 11.3 Å². The minimum absolute atomic E-state index is 0.931. The van der Waals surface area contributed by atoms with E-state index in [0.717, 1.165) is 16.3 Å². The van der Waals surface area contributed by atoms with Crippen LogP contribution in [-0.4, -0.2) is 12.1 Å². The highest BCUT2D eigenvalue weighted by atomic mass is 32.1. The number of rotatable bonds is 2. The molecule has 0 atom stereocenters. The average molecular weight is 219 g/mol. The first-order valence-corrected chi connectivity index (χ1v) is 5.60. The van der Waals surface area contributed by atoms with E-state index in [-0.39, 0.29) is 0 Å². The molecule has 78 valence electrons. The van der Waals surface area contributed by atoms with Crippen molar-refractivity contribution in [2.45, 2.75) is 13.8 Å². The van der Waals surface area contributed by atoms with E-state index in [0.29, 0.717) is 0 Å². The highest BCUT2D eigenvalue weighted by Crippen LogP contribution is 2.29. The second-order valence-electron chi connectivity index (χ2n) is 3.43. The van der Waals surface area contributed by atoms with Gasteiger partial charge in [0, 0.05) is 6.20 Å². The largest absolute Gasteiger partial charge is 0.496 e. The predicted octanol–water partition coefficient (Wildman–Crippen LogP) is 3.44. The molecule has 2 aromatic rings. The molecule has 2 nitrogen and oxygen atoms in total. The topological polar surface area (TPSA) is 22.1 Å². The summed E-state index contributed by atoms with van der Waals surface area (Å²) >= 11 is 1.71. The monoisotopic (exact) mass is 219 g/mol. The van der Waals surface area contributed by atoms with Gasteiger partial charge < -0.3 is 4.74 Å². The molecule has 0 saturated heterocycles. The van der Waals surface area contributed by atoms with Crippen molar-refractivity contribution in [3.05, 3.63) is 35.0 Å². The summed E-state index contributed by atoms with van der Waals surface area (Å²) in [7, 11) is 1.69. The van der Waals surface area contributed by atoms with E-state index >= 15 is 0 Å². The SMILES string of the molecule is COc1ccc(-c2cnc(C)s2)cc1C. The maximum absolute atomic E-state index is 5.23. The van der Waals surface area contributed by atoms with Gasteiger partial charge in [0.2, 0.25) is 0 Å². The number of nitrogens with zero attached hydrogens (tertiary/aromatic N) is 1. The van der Waals surface area contributed by atoms with Gasteiger partial charge in [0.15, 0.2) is 0 Å². The normalized spacial score (nSPS) is 10.3. The first-order chi connectivity index (χ1) is 7.20. The van der Waals surface area contributed by atoms with Crippen LogP contribution in [0, 0.1) is 13.8 Å². The molecule has 1 heterocycles. The number of ether oxygens (including phenoxy) is 1. The van der Waals surface area contributed by atoms with Crippen molar-refractivity contribution in [2.24, 2.45) is 0 Å². The molecule has 1 aromatic carbocycles. The molecule has 1 aromatic heterocycles. The molecule has 0 saturated carbocycles. The zero-order valence-electron chi connectivity index (χ0n) is 9.07.